The molecule has 0 amide bonds. The fourth-order valence-corrected chi connectivity index (χ4v) is 4.12. The summed E-state index contributed by atoms with van der Waals surface area (Å²) in [5, 5.41) is 0.773. The van der Waals surface area contributed by atoms with Crippen LogP contribution in [0.25, 0.3) is 0 Å². The Bertz CT molecular complexity index is 386. The third-order valence-electron chi connectivity index (χ3n) is 3.14. The van der Waals surface area contributed by atoms with Gasteiger partial charge < -0.3 is 4.90 Å². The highest BCUT2D eigenvalue weighted by Gasteiger charge is 2.19. The van der Waals surface area contributed by atoms with E-state index in [1.165, 1.54) is 17.9 Å². The van der Waals surface area contributed by atoms with Crippen molar-refractivity contribution >= 4 is 45.0 Å². The molecule has 0 bridgehead atoms. The third-order valence-corrected chi connectivity index (χ3v) is 5.54. The Morgan fingerprint density at radius 2 is 2.35 bits per heavy atom. The summed E-state index contributed by atoms with van der Waals surface area (Å²) in [7, 11) is 0. The van der Waals surface area contributed by atoms with Gasteiger partial charge in [-0.1, -0.05) is 28.9 Å². The average molecular weight is 335 g/mol. The highest BCUT2D eigenvalue weighted by Crippen LogP contribution is 2.29. The molecule has 1 fully saturated rings. The normalized spacial score (nSPS) is 20.6. The minimum absolute atomic E-state index is 0.564. The second-order valence-corrected chi connectivity index (χ2v) is 6.79. The topological polar surface area (TPSA) is 3.24 Å². The van der Waals surface area contributed by atoms with Gasteiger partial charge >= 0.3 is 0 Å². The fraction of sp³-hybridized carbons (Fsp3) is 0.538. The molecule has 1 aromatic rings. The molecule has 2 rings (SSSR count). The summed E-state index contributed by atoms with van der Waals surface area (Å²) in [6, 6.07) is 6.50. The SMILES string of the molecule is CCC1CN(c2ccc(CCl)c(Br)c2)CCS1. The maximum Gasteiger partial charge on any atom is 0.0485 e. The average Bonchev–Trinajstić information content (AvgIpc) is 2.38. The maximum absolute atomic E-state index is 5.87. The van der Waals surface area contributed by atoms with Gasteiger partial charge in [0.2, 0.25) is 0 Å². The first-order chi connectivity index (χ1) is 8.24. The van der Waals surface area contributed by atoms with E-state index in [9.17, 15) is 0 Å². The molecule has 1 aromatic carbocycles. The van der Waals surface area contributed by atoms with Crippen LogP contribution in [-0.4, -0.2) is 24.1 Å². The van der Waals surface area contributed by atoms with E-state index in [2.05, 4.69) is 57.7 Å². The molecule has 94 valence electrons. The Morgan fingerprint density at radius 3 is 3.00 bits per heavy atom. The van der Waals surface area contributed by atoms with E-state index in [-0.39, 0.29) is 0 Å². The number of hydrogen-bond acceptors (Lipinski definition) is 2. The first-order valence-electron chi connectivity index (χ1n) is 5.95. The molecule has 1 aliphatic heterocycles. The summed E-state index contributed by atoms with van der Waals surface area (Å²) in [4.78, 5) is 2.48. The predicted octanol–water partition coefficient (Wildman–Crippen LogP) is 4.52. The summed E-state index contributed by atoms with van der Waals surface area (Å²) in [5.74, 6) is 1.79. The summed E-state index contributed by atoms with van der Waals surface area (Å²) in [6.45, 7) is 4.58. The van der Waals surface area contributed by atoms with Crippen LogP contribution in [0.3, 0.4) is 0 Å². The molecular weight excluding hydrogens is 318 g/mol. The largest absolute Gasteiger partial charge is 0.370 e. The Morgan fingerprint density at radius 1 is 1.53 bits per heavy atom. The minimum Gasteiger partial charge on any atom is -0.370 e. The van der Waals surface area contributed by atoms with Crippen molar-refractivity contribution in [2.24, 2.45) is 0 Å². The number of anilines is 1. The molecule has 1 saturated heterocycles. The van der Waals surface area contributed by atoms with Gasteiger partial charge in [-0.3, -0.25) is 0 Å². The van der Waals surface area contributed by atoms with Gasteiger partial charge in [-0.05, 0) is 24.1 Å². The van der Waals surface area contributed by atoms with Crippen LogP contribution in [0, 0.1) is 0 Å². The van der Waals surface area contributed by atoms with Crippen LogP contribution >= 0.6 is 39.3 Å². The first-order valence-corrected chi connectivity index (χ1v) is 8.33. The lowest BCUT2D eigenvalue weighted by molar-refractivity contribution is 0.728. The molecule has 0 aromatic heterocycles. The zero-order valence-corrected chi connectivity index (χ0v) is 13.1. The van der Waals surface area contributed by atoms with Crippen LogP contribution in [-0.2, 0) is 5.88 Å². The molecule has 1 heterocycles. The smallest absolute Gasteiger partial charge is 0.0485 e. The number of halogens is 2. The lowest BCUT2D eigenvalue weighted by Gasteiger charge is -2.33. The van der Waals surface area contributed by atoms with E-state index in [1.54, 1.807) is 0 Å². The Hall–Kier alpha value is 0.140. The van der Waals surface area contributed by atoms with E-state index >= 15 is 0 Å². The van der Waals surface area contributed by atoms with Crippen molar-refractivity contribution < 1.29 is 0 Å². The van der Waals surface area contributed by atoms with Crippen LogP contribution in [0.15, 0.2) is 22.7 Å². The number of hydrogen-bond donors (Lipinski definition) is 0. The molecule has 17 heavy (non-hydrogen) atoms. The molecule has 4 heteroatoms. The van der Waals surface area contributed by atoms with Crippen LogP contribution in [0.1, 0.15) is 18.9 Å². The van der Waals surface area contributed by atoms with Gasteiger partial charge in [0.15, 0.2) is 0 Å². The second kappa shape index (κ2) is 6.35. The summed E-state index contributed by atoms with van der Waals surface area (Å²) in [6.07, 6.45) is 1.25. The lowest BCUT2D eigenvalue weighted by atomic mass is 10.2. The van der Waals surface area contributed by atoms with Gasteiger partial charge in [0.1, 0.15) is 0 Å². The van der Waals surface area contributed by atoms with E-state index in [1.807, 2.05) is 0 Å². The zero-order valence-electron chi connectivity index (χ0n) is 9.96. The third kappa shape index (κ3) is 3.33. The molecule has 1 nitrogen and oxygen atoms in total. The number of benzene rings is 1. The van der Waals surface area contributed by atoms with Crippen LogP contribution < -0.4 is 4.90 Å². The van der Waals surface area contributed by atoms with Gasteiger partial charge in [-0.2, -0.15) is 11.8 Å². The minimum atomic E-state index is 0.564. The monoisotopic (exact) mass is 333 g/mol. The molecule has 0 saturated carbocycles. The molecule has 1 aliphatic rings. The molecular formula is C13H17BrClNS. The van der Waals surface area contributed by atoms with Crippen molar-refractivity contribution in [2.75, 3.05) is 23.7 Å². The summed E-state index contributed by atoms with van der Waals surface area (Å²) >= 11 is 11.6. The first kappa shape index (κ1) is 13.6. The Kier molecular flexibility index (Phi) is 5.07. The van der Waals surface area contributed by atoms with Crippen molar-refractivity contribution in [3.8, 4) is 0 Å². The predicted molar refractivity (Wildman–Crippen MR) is 82.4 cm³/mol. The van der Waals surface area contributed by atoms with E-state index in [4.69, 9.17) is 11.6 Å². The number of rotatable bonds is 3. The Labute approximate surface area is 121 Å². The van der Waals surface area contributed by atoms with Crippen molar-refractivity contribution in [2.45, 2.75) is 24.5 Å². The second-order valence-electron chi connectivity index (χ2n) is 4.26. The molecule has 1 atom stereocenters. The molecule has 0 N–H and O–H groups in total. The van der Waals surface area contributed by atoms with Gasteiger partial charge in [-0.25, -0.2) is 0 Å². The zero-order chi connectivity index (χ0) is 12.3. The van der Waals surface area contributed by atoms with Crippen molar-refractivity contribution in [3.63, 3.8) is 0 Å². The molecule has 0 spiro atoms. The quantitative estimate of drug-likeness (QED) is 0.748. The van der Waals surface area contributed by atoms with Gasteiger partial charge in [-0.15, -0.1) is 11.6 Å². The van der Waals surface area contributed by atoms with Crippen LogP contribution in [0.2, 0.25) is 0 Å². The van der Waals surface area contributed by atoms with E-state index in [0.717, 1.165) is 28.4 Å². The molecule has 1 unspecified atom stereocenters. The number of alkyl halides is 1. The fourth-order valence-electron chi connectivity index (χ4n) is 2.04. The Balaban J connectivity index is 2.13. The molecule has 0 radical (unpaired) electrons. The number of nitrogens with zero attached hydrogens (tertiary/aromatic N) is 1. The van der Waals surface area contributed by atoms with Gasteiger partial charge in [0, 0.05) is 40.1 Å². The lowest BCUT2D eigenvalue weighted by Crippen LogP contribution is -2.37. The van der Waals surface area contributed by atoms with Crippen molar-refractivity contribution in [1.29, 1.82) is 0 Å². The van der Waals surface area contributed by atoms with Gasteiger partial charge in [0.05, 0.1) is 0 Å². The van der Waals surface area contributed by atoms with Crippen molar-refractivity contribution in [3.05, 3.63) is 28.2 Å². The van der Waals surface area contributed by atoms with Crippen LogP contribution in [0.4, 0.5) is 5.69 Å². The summed E-state index contributed by atoms with van der Waals surface area (Å²) in [5.41, 5.74) is 2.47. The van der Waals surface area contributed by atoms with Crippen molar-refractivity contribution in [1.82, 2.24) is 0 Å². The van der Waals surface area contributed by atoms with Gasteiger partial charge in [0.25, 0.3) is 0 Å². The van der Waals surface area contributed by atoms with Crippen LogP contribution in [0.5, 0.6) is 0 Å². The molecule has 0 aliphatic carbocycles. The summed E-state index contributed by atoms with van der Waals surface area (Å²) < 4.78 is 1.12. The highest BCUT2D eigenvalue weighted by atomic mass is 79.9. The number of thioether (sulfide) groups is 1. The highest BCUT2D eigenvalue weighted by molar-refractivity contribution is 9.10. The standard InChI is InChI=1S/C13H17BrClNS/c1-2-12-9-16(5-6-17-12)11-4-3-10(8-15)13(14)7-11/h3-4,7,12H,2,5-6,8-9H2,1H3. The van der Waals surface area contributed by atoms with E-state index in [0.29, 0.717) is 5.88 Å². The maximum atomic E-state index is 5.87. The van der Waals surface area contributed by atoms with E-state index < -0.39 is 0 Å².